The largest absolute Gasteiger partial charge is 0.469 e. The molecule has 0 atom stereocenters. The molecule has 0 fully saturated rings. The molecule has 1 amide bonds. The highest BCUT2D eigenvalue weighted by molar-refractivity contribution is 6.33. The fourth-order valence-electron chi connectivity index (χ4n) is 1.77. The second-order valence-electron chi connectivity index (χ2n) is 4.21. The third-order valence-electron chi connectivity index (χ3n) is 2.77. The SMILES string of the molecule is CCCN(CCC(=O)OC)C(=O)c1c(F)cccc1Cl. The summed E-state index contributed by atoms with van der Waals surface area (Å²) in [7, 11) is 1.28. The van der Waals surface area contributed by atoms with Crippen molar-refractivity contribution in [2.45, 2.75) is 19.8 Å². The Kier molecular flexibility index (Phi) is 6.45. The van der Waals surface area contributed by atoms with Crippen LogP contribution in [-0.4, -0.2) is 37.0 Å². The van der Waals surface area contributed by atoms with Crippen LogP contribution in [0.15, 0.2) is 18.2 Å². The van der Waals surface area contributed by atoms with Gasteiger partial charge in [0.05, 0.1) is 24.1 Å². The van der Waals surface area contributed by atoms with E-state index in [1.807, 2.05) is 6.92 Å². The molecule has 0 heterocycles. The Labute approximate surface area is 122 Å². The number of ether oxygens (including phenoxy) is 1. The summed E-state index contributed by atoms with van der Waals surface area (Å²) < 4.78 is 18.3. The number of carbonyl (C=O) groups excluding carboxylic acids is 2. The number of halogens is 2. The van der Waals surface area contributed by atoms with Crippen LogP contribution in [0.3, 0.4) is 0 Å². The van der Waals surface area contributed by atoms with Gasteiger partial charge in [-0.25, -0.2) is 4.39 Å². The summed E-state index contributed by atoms with van der Waals surface area (Å²) in [5.74, 6) is -1.60. The molecule has 0 radical (unpaired) electrons. The molecule has 1 aromatic carbocycles. The Hall–Kier alpha value is -1.62. The molecule has 0 bridgehead atoms. The van der Waals surface area contributed by atoms with Crippen molar-refractivity contribution in [3.63, 3.8) is 0 Å². The van der Waals surface area contributed by atoms with Crippen LogP contribution in [0.1, 0.15) is 30.1 Å². The van der Waals surface area contributed by atoms with Gasteiger partial charge in [0, 0.05) is 13.1 Å². The first-order valence-electron chi connectivity index (χ1n) is 6.31. The maximum absolute atomic E-state index is 13.7. The third kappa shape index (κ3) is 4.20. The summed E-state index contributed by atoms with van der Waals surface area (Å²) in [6.45, 7) is 2.48. The highest BCUT2D eigenvalue weighted by atomic mass is 35.5. The first-order valence-corrected chi connectivity index (χ1v) is 6.69. The fraction of sp³-hybridized carbons (Fsp3) is 0.429. The zero-order chi connectivity index (χ0) is 15.1. The molecule has 0 aromatic heterocycles. The van der Waals surface area contributed by atoms with E-state index in [0.717, 1.165) is 0 Å². The molecule has 1 aromatic rings. The van der Waals surface area contributed by atoms with Gasteiger partial charge in [0.2, 0.25) is 0 Å². The van der Waals surface area contributed by atoms with Gasteiger partial charge < -0.3 is 9.64 Å². The summed E-state index contributed by atoms with van der Waals surface area (Å²) in [4.78, 5) is 24.9. The van der Waals surface area contributed by atoms with Gasteiger partial charge in [-0.2, -0.15) is 0 Å². The number of rotatable bonds is 6. The van der Waals surface area contributed by atoms with E-state index in [4.69, 9.17) is 11.6 Å². The number of hydrogen-bond donors (Lipinski definition) is 0. The van der Waals surface area contributed by atoms with Crippen molar-refractivity contribution in [3.8, 4) is 0 Å². The summed E-state index contributed by atoms with van der Waals surface area (Å²) in [5.41, 5.74) is -0.160. The van der Waals surface area contributed by atoms with E-state index in [1.165, 1.54) is 30.2 Å². The Bertz CT molecular complexity index is 473. The Morgan fingerprint density at radius 3 is 2.60 bits per heavy atom. The summed E-state index contributed by atoms with van der Waals surface area (Å²) in [5, 5.41) is 0.0640. The Balaban J connectivity index is 2.91. The van der Waals surface area contributed by atoms with E-state index >= 15 is 0 Å². The fourth-order valence-corrected chi connectivity index (χ4v) is 2.02. The van der Waals surface area contributed by atoms with E-state index in [0.29, 0.717) is 13.0 Å². The first kappa shape index (κ1) is 16.4. The predicted octanol–water partition coefficient (Wildman–Crippen LogP) is 2.89. The molecule has 0 aliphatic carbocycles. The average Bonchev–Trinajstić information content (AvgIpc) is 2.42. The molecular formula is C14H17ClFNO3. The number of esters is 1. The number of amides is 1. The van der Waals surface area contributed by atoms with Crippen molar-refractivity contribution in [1.82, 2.24) is 4.90 Å². The van der Waals surface area contributed by atoms with E-state index in [-0.39, 0.29) is 23.6 Å². The van der Waals surface area contributed by atoms with E-state index in [2.05, 4.69) is 4.74 Å². The predicted molar refractivity (Wildman–Crippen MR) is 74.2 cm³/mol. The second-order valence-corrected chi connectivity index (χ2v) is 4.62. The third-order valence-corrected chi connectivity index (χ3v) is 3.09. The summed E-state index contributed by atoms with van der Waals surface area (Å²) in [6.07, 6.45) is 0.757. The Morgan fingerprint density at radius 2 is 2.05 bits per heavy atom. The molecule has 0 saturated heterocycles. The molecule has 0 spiro atoms. The van der Waals surface area contributed by atoms with Crippen molar-refractivity contribution in [2.75, 3.05) is 20.2 Å². The molecule has 0 saturated carbocycles. The first-order chi connectivity index (χ1) is 9.51. The monoisotopic (exact) mass is 301 g/mol. The lowest BCUT2D eigenvalue weighted by Crippen LogP contribution is -2.34. The lowest BCUT2D eigenvalue weighted by Gasteiger charge is -2.22. The van der Waals surface area contributed by atoms with Crippen LogP contribution in [-0.2, 0) is 9.53 Å². The van der Waals surface area contributed by atoms with E-state index in [9.17, 15) is 14.0 Å². The van der Waals surface area contributed by atoms with Crippen LogP contribution in [0, 0.1) is 5.82 Å². The van der Waals surface area contributed by atoms with Gasteiger partial charge in [-0.05, 0) is 18.6 Å². The average molecular weight is 302 g/mol. The molecule has 0 N–H and O–H groups in total. The van der Waals surface area contributed by atoms with Crippen molar-refractivity contribution in [2.24, 2.45) is 0 Å². The number of benzene rings is 1. The number of hydrogen-bond acceptors (Lipinski definition) is 3. The number of carbonyl (C=O) groups is 2. The van der Waals surface area contributed by atoms with Crippen LogP contribution in [0.5, 0.6) is 0 Å². The van der Waals surface area contributed by atoms with Gasteiger partial charge in [0.15, 0.2) is 0 Å². The number of nitrogens with zero attached hydrogens (tertiary/aromatic N) is 1. The summed E-state index contributed by atoms with van der Waals surface area (Å²) in [6, 6.07) is 4.08. The second kappa shape index (κ2) is 7.85. The van der Waals surface area contributed by atoms with Crippen LogP contribution in [0.4, 0.5) is 4.39 Å². The zero-order valence-corrected chi connectivity index (χ0v) is 12.2. The Morgan fingerprint density at radius 1 is 1.35 bits per heavy atom. The minimum absolute atomic E-state index is 0.0638. The lowest BCUT2D eigenvalue weighted by atomic mass is 10.1. The minimum Gasteiger partial charge on any atom is -0.469 e. The van der Waals surface area contributed by atoms with Crippen LogP contribution >= 0.6 is 11.6 Å². The molecule has 110 valence electrons. The van der Waals surface area contributed by atoms with Crippen molar-refractivity contribution < 1.29 is 18.7 Å². The van der Waals surface area contributed by atoms with E-state index in [1.54, 1.807) is 0 Å². The molecule has 6 heteroatoms. The molecule has 20 heavy (non-hydrogen) atoms. The smallest absolute Gasteiger partial charge is 0.307 e. The summed E-state index contributed by atoms with van der Waals surface area (Å²) >= 11 is 5.88. The minimum atomic E-state index is -0.665. The molecule has 1 rings (SSSR count). The van der Waals surface area contributed by atoms with Crippen molar-refractivity contribution in [3.05, 3.63) is 34.6 Å². The number of methoxy groups -OCH3 is 1. The molecule has 4 nitrogen and oxygen atoms in total. The quantitative estimate of drug-likeness (QED) is 0.759. The van der Waals surface area contributed by atoms with Gasteiger partial charge in [-0.3, -0.25) is 9.59 Å². The highest BCUT2D eigenvalue weighted by Crippen LogP contribution is 2.21. The van der Waals surface area contributed by atoms with Crippen molar-refractivity contribution >= 4 is 23.5 Å². The maximum Gasteiger partial charge on any atom is 0.307 e. The standard InChI is InChI=1S/C14H17ClFNO3/c1-3-8-17(9-7-12(18)20-2)14(19)13-10(15)5-4-6-11(13)16/h4-6H,3,7-9H2,1-2H3. The van der Waals surface area contributed by atoms with Gasteiger partial charge in [0.1, 0.15) is 5.82 Å². The zero-order valence-electron chi connectivity index (χ0n) is 11.5. The highest BCUT2D eigenvalue weighted by Gasteiger charge is 2.22. The molecular weight excluding hydrogens is 285 g/mol. The lowest BCUT2D eigenvalue weighted by molar-refractivity contribution is -0.140. The van der Waals surface area contributed by atoms with Gasteiger partial charge in [-0.15, -0.1) is 0 Å². The normalized spacial score (nSPS) is 10.2. The van der Waals surface area contributed by atoms with Crippen LogP contribution in [0.25, 0.3) is 0 Å². The van der Waals surface area contributed by atoms with Crippen LogP contribution in [0.2, 0.25) is 5.02 Å². The van der Waals surface area contributed by atoms with Crippen LogP contribution < -0.4 is 0 Å². The molecule has 0 aliphatic rings. The topological polar surface area (TPSA) is 46.6 Å². The maximum atomic E-state index is 13.7. The van der Waals surface area contributed by atoms with E-state index < -0.39 is 17.7 Å². The van der Waals surface area contributed by atoms with Crippen molar-refractivity contribution in [1.29, 1.82) is 0 Å². The molecule has 0 unspecified atom stereocenters. The van der Waals surface area contributed by atoms with Gasteiger partial charge in [-0.1, -0.05) is 24.6 Å². The van der Waals surface area contributed by atoms with Gasteiger partial charge >= 0.3 is 5.97 Å². The van der Waals surface area contributed by atoms with Gasteiger partial charge in [0.25, 0.3) is 5.91 Å². The molecule has 0 aliphatic heterocycles.